The van der Waals surface area contributed by atoms with E-state index in [0.717, 1.165) is 47.7 Å². The molecule has 6 heterocycles. The van der Waals surface area contributed by atoms with E-state index in [0.29, 0.717) is 35.0 Å². The molecule has 4 aromatic rings. The molecule has 34 heavy (non-hydrogen) atoms. The molecule has 6 rings (SSSR count). The number of carbonyl (C=O) groups excluding carboxylic acids is 2. The predicted octanol–water partition coefficient (Wildman–Crippen LogP) is 2.71. The highest BCUT2D eigenvalue weighted by Crippen LogP contribution is 2.35. The Labute approximate surface area is 199 Å². The van der Waals surface area contributed by atoms with Crippen LogP contribution in [-0.2, 0) is 17.8 Å². The standard InChI is InChI=1S/C23H24N8O2S/c1-13-18(6-15(9-25-13)28-21(32)5-14-7-24-8-14)29-22(33)17-11-27-31-12-20(34-23(17)31)16-10-26-30-4-2-3-19(16)30/h6,9-12,14,24H,2-5,7-8H2,1H3,(H,28,32)(H,29,33). The average molecular weight is 477 g/mol. The highest BCUT2D eigenvalue weighted by Gasteiger charge is 2.23. The summed E-state index contributed by atoms with van der Waals surface area (Å²) in [6, 6.07) is 1.74. The van der Waals surface area contributed by atoms with Gasteiger partial charge in [-0.3, -0.25) is 19.3 Å². The summed E-state index contributed by atoms with van der Waals surface area (Å²) in [4.78, 5) is 31.6. The number of amides is 2. The lowest BCUT2D eigenvalue weighted by Gasteiger charge is -2.26. The van der Waals surface area contributed by atoms with Crippen LogP contribution in [0.2, 0.25) is 0 Å². The molecule has 0 aliphatic carbocycles. The molecule has 0 atom stereocenters. The molecule has 0 bridgehead atoms. The van der Waals surface area contributed by atoms with Gasteiger partial charge in [-0.15, -0.1) is 11.3 Å². The fourth-order valence-electron chi connectivity index (χ4n) is 4.42. The monoisotopic (exact) mass is 476 g/mol. The van der Waals surface area contributed by atoms with Gasteiger partial charge in [-0.25, -0.2) is 4.52 Å². The average Bonchev–Trinajstić information content (AvgIpc) is 3.53. The molecule has 0 radical (unpaired) electrons. The quantitative estimate of drug-likeness (QED) is 0.394. The van der Waals surface area contributed by atoms with Crippen LogP contribution in [0.3, 0.4) is 0 Å². The second-order valence-electron chi connectivity index (χ2n) is 8.82. The van der Waals surface area contributed by atoms with E-state index in [4.69, 9.17) is 0 Å². The molecule has 174 valence electrons. The highest BCUT2D eigenvalue weighted by atomic mass is 32.1. The SMILES string of the molecule is Cc1ncc(NC(=O)CC2CNC2)cc1NC(=O)c1cnn2cc(-c3cnn4c3CCC4)sc12. The van der Waals surface area contributed by atoms with E-state index in [1.54, 1.807) is 23.0 Å². The molecule has 0 aromatic carbocycles. The lowest BCUT2D eigenvalue weighted by Crippen LogP contribution is -2.43. The van der Waals surface area contributed by atoms with E-state index < -0.39 is 0 Å². The van der Waals surface area contributed by atoms with Crippen LogP contribution in [0, 0.1) is 12.8 Å². The van der Waals surface area contributed by atoms with Gasteiger partial charge in [0, 0.05) is 30.4 Å². The maximum absolute atomic E-state index is 13.2. The van der Waals surface area contributed by atoms with E-state index in [2.05, 4.69) is 35.8 Å². The van der Waals surface area contributed by atoms with Crippen LogP contribution in [0.5, 0.6) is 0 Å². The molecular weight excluding hydrogens is 452 g/mol. The summed E-state index contributed by atoms with van der Waals surface area (Å²) in [5.74, 6) is 0.0601. The molecule has 0 unspecified atom stereocenters. The normalized spacial score (nSPS) is 15.3. The van der Waals surface area contributed by atoms with E-state index >= 15 is 0 Å². The Morgan fingerprint density at radius 2 is 2.09 bits per heavy atom. The zero-order chi connectivity index (χ0) is 23.2. The highest BCUT2D eigenvalue weighted by molar-refractivity contribution is 7.21. The van der Waals surface area contributed by atoms with Crippen molar-refractivity contribution in [2.45, 2.75) is 32.7 Å². The molecule has 4 aromatic heterocycles. The Bertz CT molecular complexity index is 1410. The van der Waals surface area contributed by atoms with Gasteiger partial charge in [-0.05, 0) is 44.8 Å². The maximum atomic E-state index is 13.2. The molecule has 11 heteroatoms. The number of nitrogens with zero attached hydrogens (tertiary/aromatic N) is 5. The van der Waals surface area contributed by atoms with Crippen LogP contribution >= 0.6 is 11.3 Å². The van der Waals surface area contributed by atoms with Crippen molar-refractivity contribution in [1.29, 1.82) is 0 Å². The Morgan fingerprint density at radius 1 is 1.21 bits per heavy atom. The Morgan fingerprint density at radius 3 is 2.91 bits per heavy atom. The summed E-state index contributed by atoms with van der Waals surface area (Å²) in [6.07, 6.45) is 9.63. The van der Waals surface area contributed by atoms with Crippen molar-refractivity contribution in [2.75, 3.05) is 23.7 Å². The van der Waals surface area contributed by atoms with Crippen LogP contribution < -0.4 is 16.0 Å². The van der Waals surface area contributed by atoms with Crippen LogP contribution in [0.4, 0.5) is 11.4 Å². The number of thiazole rings is 1. The lowest BCUT2D eigenvalue weighted by atomic mass is 9.99. The summed E-state index contributed by atoms with van der Waals surface area (Å²) in [5, 5.41) is 17.9. The largest absolute Gasteiger partial charge is 0.325 e. The molecule has 3 N–H and O–H groups in total. The van der Waals surface area contributed by atoms with Gasteiger partial charge in [0.15, 0.2) is 0 Å². The number of aryl methyl sites for hydroxylation is 2. The summed E-state index contributed by atoms with van der Waals surface area (Å²) < 4.78 is 3.79. The molecule has 2 amide bonds. The number of hydrogen-bond donors (Lipinski definition) is 3. The fraction of sp³-hybridized carbons (Fsp3) is 0.348. The molecular formula is C23H24N8O2S. The number of carbonyl (C=O) groups is 2. The number of fused-ring (bicyclic) bond motifs is 2. The fourth-order valence-corrected chi connectivity index (χ4v) is 5.51. The third kappa shape index (κ3) is 3.76. The molecule has 1 saturated heterocycles. The number of rotatable bonds is 6. The third-order valence-corrected chi connectivity index (χ3v) is 7.54. The van der Waals surface area contributed by atoms with Crippen LogP contribution in [-0.4, -0.2) is 49.3 Å². The lowest BCUT2D eigenvalue weighted by molar-refractivity contribution is -0.117. The van der Waals surface area contributed by atoms with Gasteiger partial charge in [0.05, 0.1) is 46.1 Å². The number of nitrogens with one attached hydrogen (secondary N) is 3. The first-order valence-electron chi connectivity index (χ1n) is 11.4. The minimum atomic E-state index is -0.266. The Kier molecular flexibility index (Phi) is 5.15. The van der Waals surface area contributed by atoms with Crippen molar-refractivity contribution in [3.63, 3.8) is 0 Å². The number of hydrogen-bond acceptors (Lipinski definition) is 7. The van der Waals surface area contributed by atoms with E-state index in [1.165, 1.54) is 17.0 Å². The van der Waals surface area contributed by atoms with Gasteiger partial charge in [0.1, 0.15) is 4.83 Å². The zero-order valence-corrected chi connectivity index (χ0v) is 19.5. The first-order valence-corrected chi connectivity index (χ1v) is 12.2. The maximum Gasteiger partial charge on any atom is 0.260 e. The molecule has 10 nitrogen and oxygen atoms in total. The molecule has 0 saturated carbocycles. The summed E-state index contributed by atoms with van der Waals surface area (Å²) in [5.41, 5.74) is 4.63. The first-order chi connectivity index (χ1) is 16.5. The Balaban J connectivity index is 1.21. The number of pyridine rings is 1. The second kappa shape index (κ2) is 8.33. The van der Waals surface area contributed by atoms with Gasteiger partial charge < -0.3 is 16.0 Å². The Hall–Kier alpha value is -3.57. The summed E-state index contributed by atoms with van der Waals surface area (Å²) in [7, 11) is 0. The van der Waals surface area contributed by atoms with Gasteiger partial charge in [0.2, 0.25) is 5.91 Å². The zero-order valence-electron chi connectivity index (χ0n) is 18.7. The van der Waals surface area contributed by atoms with Gasteiger partial charge in [0.25, 0.3) is 5.91 Å². The van der Waals surface area contributed by atoms with E-state index in [1.807, 2.05) is 19.3 Å². The first kappa shape index (κ1) is 21.0. The van der Waals surface area contributed by atoms with Crippen molar-refractivity contribution in [3.8, 4) is 10.4 Å². The van der Waals surface area contributed by atoms with Crippen LogP contribution in [0.15, 0.2) is 30.9 Å². The summed E-state index contributed by atoms with van der Waals surface area (Å²) in [6.45, 7) is 4.51. The third-order valence-electron chi connectivity index (χ3n) is 6.40. The van der Waals surface area contributed by atoms with Crippen molar-refractivity contribution in [2.24, 2.45) is 5.92 Å². The molecule has 0 spiro atoms. The van der Waals surface area contributed by atoms with Gasteiger partial charge in [-0.1, -0.05) is 0 Å². The molecule has 2 aliphatic rings. The van der Waals surface area contributed by atoms with E-state index in [-0.39, 0.29) is 11.8 Å². The summed E-state index contributed by atoms with van der Waals surface area (Å²) >= 11 is 1.53. The number of anilines is 2. The van der Waals surface area contributed by atoms with Crippen molar-refractivity contribution in [3.05, 3.63) is 47.8 Å². The van der Waals surface area contributed by atoms with Crippen molar-refractivity contribution >= 4 is 39.4 Å². The van der Waals surface area contributed by atoms with Crippen LogP contribution in [0.25, 0.3) is 15.3 Å². The smallest absolute Gasteiger partial charge is 0.260 e. The molecule has 1 fully saturated rings. The van der Waals surface area contributed by atoms with Crippen LogP contribution in [0.1, 0.15) is 34.6 Å². The predicted molar refractivity (Wildman–Crippen MR) is 129 cm³/mol. The molecule has 2 aliphatic heterocycles. The minimum absolute atomic E-state index is 0.0504. The van der Waals surface area contributed by atoms with Crippen molar-refractivity contribution in [1.82, 2.24) is 29.7 Å². The van der Waals surface area contributed by atoms with Gasteiger partial charge in [-0.2, -0.15) is 10.2 Å². The topological polar surface area (TPSA) is 118 Å². The number of aromatic nitrogens is 5. The van der Waals surface area contributed by atoms with E-state index in [9.17, 15) is 9.59 Å². The second-order valence-corrected chi connectivity index (χ2v) is 9.85. The van der Waals surface area contributed by atoms with Gasteiger partial charge >= 0.3 is 0 Å². The minimum Gasteiger partial charge on any atom is -0.325 e. The van der Waals surface area contributed by atoms with Crippen molar-refractivity contribution < 1.29 is 9.59 Å².